The molecule has 0 aliphatic heterocycles. The van der Waals surface area contributed by atoms with Gasteiger partial charge in [-0.1, -0.05) is 18.2 Å². The lowest BCUT2D eigenvalue weighted by Crippen LogP contribution is -2.40. The average molecular weight is 404 g/mol. The van der Waals surface area contributed by atoms with Gasteiger partial charge in [0, 0.05) is 48.3 Å². The second-order valence-corrected chi connectivity index (χ2v) is 8.36. The van der Waals surface area contributed by atoms with Crippen molar-refractivity contribution in [1.29, 1.82) is 0 Å². The van der Waals surface area contributed by atoms with Crippen molar-refractivity contribution < 1.29 is 0 Å². The van der Waals surface area contributed by atoms with Crippen LogP contribution < -0.4 is 5.32 Å². The summed E-state index contributed by atoms with van der Waals surface area (Å²) in [5.74, 6) is 0.794. The Kier molecular flexibility index (Phi) is 5.30. The molecule has 2 N–H and O–H groups in total. The fraction of sp³-hybridized carbons (Fsp3) is 0.348. The quantitative estimate of drug-likeness (QED) is 0.491. The number of aromatic nitrogens is 6. The van der Waals surface area contributed by atoms with E-state index in [2.05, 4.69) is 100.0 Å². The lowest BCUT2D eigenvalue weighted by atomic mass is 10.0. The smallest absolute Gasteiger partial charge is 0.175 e. The zero-order valence-electron chi connectivity index (χ0n) is 18.3. The van der Waals surface area contributed by atoms with E-state index in [4.69, 9.17) is 0 Å². The van der Waals surface area contributed by atoms with Crippen LogP contribution in [-0.4, -0.2) is 36.3 Å². The van der Waals surface area contributed by atoms with Crippen LogP contribution in [0.25, 0.3) is 22.7 Å². The van der Waals surface area contributed by atoms with Gasteiger partial charge in [-0.15, -0.1) is 5.10 Å². The summed E-state index contributed by atoms with van der Waals surface area (Å²) in [6.45, 7) is 9.20. The van der Waals surface area contributed by atoms with E-state index >= 15 is 0 Å². The molecule has 0 atom stereocenters. The Morgan fingerprint density at radius 2 is 2.03 bits per heavy atom. The number of hydrogen-bond donors (Lipinski definition) is 2. The minimum absolute atomic E-state index is 0.381. The maximum Gasteiger partial charge on any atom is 0.175 e. The number of fused-ring (bicyclic) bond motifs is 1. The monoisotopic (exact) mass is 403 g/mol. The SMILES string of the molecule is C/C(=C\c1c(C)ccn1C)n1nnnc1C(C)(C)NCCc1c[nH]c2ccccc12. The standard InChI is InChI=1S/C23H29N7/c1-16-11-13-29(5)21(16)14-17(2)30-22(26-27-28-30)23(3,4)25-12-10-18-15-24-20-9-7-6-8-19(18)20/h6-9,11,13-15,24-25H,10,12H2,1-5H3/b17-14+. The van der Waals surface area contributed by atoms with Crippen LogP contribution in [0, 0.1) is 6.92 Å². The summed E-state index contributed by atoms with van der Waals surface area (Å²) in [4.78, 5) is 3.34. The number of nitrogens with one attached hydrogen (secondary N) is 2. The van der Waals surface area contributed by atoms with Gasteiger partial charge in [-0.3, -0.25) is 0 Å². The van der Waals surface area contributed by atoms with Crippen molar-refractivity contribution in [3.63, 3.8) is 0 Å². The molecule has 0 amide bonds. The summed E-state index contributed by atoms with van der Waals surface area (Å²) in [5.41, 5.74) is 5.46. The van der Waals surface area contributed by atoms with Gasteiger partial charge in [-0.2, -0.15) is 4.68 Å². The Hall–Kier alpha value is -3.19. The van der Waals surface area contributed by atoms with Gasteiger partial charge in [-0.05, 0) is 73.9 Å². The molecule has 156 valence electrons. The average Bonchev–Trinajstić information content (AvgIpc) is 3.44. The van der Waals surface area contributed by atoms with Crippen LogP contribution in [0.4, 0.5) is 0 Å². The number of allylic oxidation sites excluding steroid dienone is 1. The van der Waals surface area contributed by atoms with Crippen LogP contribution >= 0.6 is 0 Å². The van der Waals surface area contributed by atoms with Gasteiger partial charge in [0.15, 0.2) is 5.82 Å². The lowest BCUT2D eigenvalue weighted by Gasteiger charge is -2.25. The number of aryl methyl sites for hydroxylation is 2. The van der Waals surface area contributed by atoms with Crippen molar-refractivity contribution in [1.82, 2.24) is 35.1 Å². The molecular formula is C23H29N7. The number of H-pyrrole nitrogens is 1. The highest BCUT2D eigenvalue weighted by molar-refractivity contribution is 5.83. The van der Waals surface area contributed by atoms with E-state index in [9.17, 15) is 0 Å². The fourth-order valence-corrected chi connectivity index (χ4v) is 3.88. The van der Waals surface area contributed by atoms with Gasteiger partial charge in [-0.25, -0.2) is 0 Å². The van der Waals surface area contributed by atoms with E-state index < -0.39 is 0 Å². The first-order valence-electron chi connectivity index (χ1n) is 10.3. The Bertz CT molecular complexity index is 1170. The first-order chi connectivity index (χ1) is 14.4. The molecule has 0 bridgehead atoms. The molecule has 0 radical (unpaired) electrons. The molecule has 0 saturated heterocycles. The molecule has 0 aliphatic carbocycles. The number of nitrogens with zero attached hydrogens (tertiary/aromatic N) is 5. The summed E-state index contributed by atoms with van der Waals surface area (Å²) in [6, 6.07) is 10.5. The van der Waals surface area contributed by atoms with Crippen molar-refractivity contribution in [3.05, 3.63) is 65.4 Å². The predicted molar refractivity (Wildman–Crippen MR) is 121 cm³/mol. The summed E-state index contributed by atoms with van der Waals surface area (Å²) in [6.07, 6.45) is 7.20. The van der Waals surface area contributed by atoms with Crippen LogP contribution in [0.5, 0.6) is 0 Å². The van der Waals surface area contributed by atoms with Crippen LogP contribution in [0.2, 0.25) is 0 Å². The molecular weight excluding hydrogens is 374 g/mol. The largest absolute Gasteiger partial charge is 0.361 e. The molecule has 0 spiro atoms. The van der Waals surface area contributed by atoms with Gasteiger partial charge in [0.1, 0.15) is 0 Å². The zero-order chi connectivity index (χ0) is 21.3. The summed E-state index contributed by atoms with van der Waals surface area (Å²) >= 11 is 0. The Labute approximate surface area is 176 Å². The van der Waals surface area contributed by atoms with Crippen LogP contribution in [0.1, 0.15) is 43.4 Å². The second kappa shape index (κ2) is 7.91. The normalized spacial score (nSPS) is 12.8. The Morgan fingerprint density at radius 1 is 1.23 bits per heavy atom. The van der Waals surface area contributed by atoms with Crippen LogP contribution in [0.15, 0.2) is 42.7 Å². The van der Waals surface area contributed by atoms with E-state index in [0.29, 0.717) is 0 Å². The van der Waals surface area contributed by atoms with Crippen LogP contribution in [0.3, 0.4) is 0 Å². The lowest BCUT2D eigenvalue weighted by molar-refractivity contribution is 0.376. The molecule has 0 aliphatic rings. The molecule has 1 aromatic carbocycles. The number of benzene rings is 1. The van der Waals surface area contributed by atoms with Crippen molar-refractivity contribution >= 4 is 22.7 Å². The highest BCUT2D eigenvalue weighted by Crippen LogP contribution is 2.22. The number of tetrazole rings is 1. The molecule has 7 heteroatoms. The highest BCUT2D eigenvalue weighted by atomic mass is 15.6. The summed E-state index contributed by atoms with van der Waals surface area (Å²) < 4.78 is 3.93. The van der Waals surface area contributed by atoms with Crippen LogP contribution in [-0.2, 0) is 19.0 Å². The van der Waals surface area contributed by atoms with E-state index in [1.807, 2.05) is 18.7 Å². The second-order valence-electron chi connectivity index (χ2n) is 8.36. The predicted octanol–water partition coefficient (Wildman–Crippen LogP) is 3.89. The molecule has 0 fully saturated rings. The topological polar surface area (TPSA) is 76.3 Å². The Balaban J connectivity index is 1.50. The molecule has 0 unspecified atom stereocenters. The first kappa shape index (κ1) is 20.1. The van der Waals surface area contributed by atoms with Crippen molar-refractivity contribution in [3.8, 4) is 0 Å². The third-order valence-electron chi connectivity index (χ3n) is 5.68. The van der Waals surface area contributed by atoms with Gasteiger partial charge >= 0.3 is 0 Å². The molecule has 3 heterocycles. The zero-order valence-corrected chi connectivity index (χ0v) is 18.3. The van der Waals surface area contributed by atoms with Crippen molar-refractivity contribution in [2.75, 3.05) is 6.54 Å². The van der Waals surface area contributed by atoms with Gasteiger partial charge in [0.05, 0.1) is 5.54 Å². The molecule has 3 aromatic heterocycles. The molecule has 30 heavy (non-hydrogen) atoms. The third-order valence-corrected chi connectivity index (χ3v) is 5.68. The number of aromatic amines is 1. The molecule has 4 rings (SSSR count). The third kappa shape index (κ3) is 3.80. The van der Waals surface area contributed by atoms with E-state index in [0.717, 1.165) is 30.2 Å². The number of para-hydroxylation sites is 1. The Morgan fingerprint density at radius 3 is 2.80 bits per heavy atom. The van der Waals surface area contributed by atoms with Gasteiger partial charge in [0.25, 0.3) is 0 Å². The maximum absolute atomic E-state index is 4.33. The van der Waals surface area contributed by atoms with Crippen molar-refractivity contribution in [2.24, 2.45) is 7.05 Å². The fourth-order valence-electron chi connectivity index (χ4n) is 3.88. The van der Waals surface area contributed by atoms with E-state index in [1.54, 1.807) is 0 Å². The van der Waals surface area contributed by atoms with E-state index in [-0.39, 0.29) is 5.54 Å². The summed E-state index contributed by atoms with van der Waals surface area (Å²) in [7, 11) is 2.04. The van der Waals surface area contributed by atoms with Gasteiger partial charge in [0.2, 0.25) is 0 Å². The molecule has 0 saturated carbocycles. The molecule has 7 nitrogen and oxygen atoms in total. The maximum atomic E-state index is 4.33. The van der Waals surface area contributed by atoms with Gasteiger partial charge < -0.3 is 14.9 Å². The highest BCUT2D eigenvalue weighted by Gasteiger charge is 2.27. The van der Waals surface area contributed by atoms with Crippen molar-refractivity contribution in [2.45, 2.75) is 39.7 Å². The minimum atomic E-state index is -0.381. The first-order valence-corrected chi connectivity index (χ1v) is 10.3. The number of rotatable bonds is 7. The van der Waals surface area contributed by atoms with E-state index in [1.165, 1.54) is 22.0 Å². The minimum Gasteiger partial charge on any atom is -0.361 e. The number of hydrogen-bond acceptors (Lipinski definition) is 4. The molecule has 4 aromatic rings. The summed E-state index contributed by atoms with van der Waals surface area (Å²) in [5, 5.41) is 17.4.